The molecule has 3 aromatic rings. The van der Waals surface area contributed by atoms with Crippen LogP contribution < -0.4 is 10.6 Å². The monoisotopic (exact) mass is 509 g/mol. The molecule has 0 saturated carbocycles. The second-order valence-electron chi connectivity index (χ2n) is 9.59. The molecule has 8 heteroatoms. The van der Waals surface area contributed by atoms with Gasteiger partial charge in [0.25, 0.3) is 0 Å². The number of piperazine rings is 1. The van der Waals surface area contributed by atoms with Crippen molar-refractivity contribution in [2.75, 3.05) is 31.5 Å². The Morgan fingerprint density at radius 3 is 2.00 bits per heavy atom. The van der Waals surface area contributed by atoms with Crippen molar-refractivity contribution in [1.29, 1.82) is 0 Å². The van der Waals surface area contributed by atoms with Gasteiger partial charge in [-0.05, 0) is 42.3 Å². The molecule has 5 rings (SSSR count). The van der Waals surface area contributed by atoms with Gasteiger partial charge in [0.2, 0.25) is 17.8 Å². The van der Waals surface area contributed by atoms with E-state index in [2.05, 4.69) is 69.1 Å². The third-order valence-corrected chi connectivity index (χ3v) is 6.98. The van der Waals surface area contributed by atoms with Crippen LogP contribution in [0.25, 0.3) is 0 Å². The molecule has 1 atom stereocenters. The first-order chi connectivity index (χ1) is 18.5. The van der Waals surface area contributed by atoms with Gasteiger partial charge < -0.3 is 10.2 Å². The number of amides is 2. The Morgan fingerprint density at radius 2 is 1.45 bits per heavy atom. The van der Waals surface area contributed by atoms with Crippen molar-refractivity contribution >= 4 is 29.2 Å². The van der Waals surface area contributed by atoms with Crippen molar-refractivity contribution in [1.82, 2.24) is 15.1 Å². The van der Waals surface area contributed by atoms with Crippen molar-refractivity contribution in [3.63, 3.8) is 0 Å². The van der Waals surface area contributed by atoms with Crippen LogP contribution in [0.2, 0.25) is 0 Å². The predicted molar refractivity (Wildman–Crippen MR) is 147 cm³/mol. The Balaban J connectivity index is 1.26. The van der Waals surface area contributed by atoms with Crippen LogP contribution in [0.5, 0.6) is 0 Å². The second kappa shape index (κ2) is 11.4. The van der Waals surface area contributed by atoms with E-state index in [1.807, 2.05) is 17.0 Å². The first-order valence-electron chi connectivity index (χ1n) is 12.9. The lowest BCUT2D eigenvalue weighted by atomic mass is 9.96. The minimum absolute atomic E-state index is 0.00901. The maximum atomic E-state index is 12.9. The third kappa shape index (κ3) is 5.81. The Hall–Kier alpha value is -4.30. The van der Waals surface area contributed by atoms with Crippen molar-refractivity contribution in [3.8, 4) is 0 Å². The number of Topliss-reactive ketones (excluding diaryl/α,β-unsaturated/α-hetero) is 1. The zero-order valence-electron chi connectivity index (χ0n) is 21.3. The largest absolute Gasteiger partial charge is 0.340 e. The molecule has 2 amide bonds. The lowest BCUT2D eigenvalue weighted by Gasteiger charge is -2.41. The molecule has 2 N–H and O–H groups in total. The van der Waals surface area contributed by atoms with Crippen LogP contribution in [0.3, 0.4) is 0 Å². The molecule has 1 fully saturated rings. The summed E-state index contributed by atoms with van der Waals surface area (Å²) in [6, 6.07) is 27.0. The van der Waals surface area contributed by atoms with E-state index in [9.17, 15) is 14.4 Å². The third-order valence-electron chi connectivity index (χ3n) is 6.98. The number of benzene rings is 3. The Kier molecular flexibility index (Phi) is 7.60. The predicted octanol–water partition coefficient (Wildman–Crippen LogP) is 3.48. The number of nitrogens with zero attached hydrogens (tertiary/aromatic N) is 3. The summed E-state index contributed by atoms with van der Waals surface area (Å²) < 4.78 is 0. The quantitative estimate of drug-likeness (QED) is 0.497. The summed E-state index contributed by atoms with van der Waals surface area (Å²) in [7, 11) is 0. The number of ketones is 1. The van der Waals surface area contributed by atoms with Crippen molar-refractivity contribution < 1.29 is 14.4 Å². The number of guanidine groups is 1. The Bertz CT molecular complexity index is 1280. The first kappa shape index (κ1) is 25.4. The summed E-state index contributed by atoms with van der Waals surface area (Å²) in [5.41, 5.74) is 3.61. The van der Waals surface area contributed by atoms with Crippen LogP contribution in [0.4, 0.5) is 5.69 Å². The lowest BCUT2D eigenvalue weighted by molar-refractivity contribution is -0.125. The number of nitrogens with one attached hydrogen (secondary N) is 2. The molecule has 194 valence electrons. The lowest BCUT2D eigenvalue weighted by Crippen LogP contribution is -2.56. The summed E-state index contributed by atoms with van der Waals surface area (Å²) in [5, 5.41) is 5.68. The maximum absolute atomic E-state index is 12.9. The van der Waals surface area contributed by atoms with E-state index in [1.54, 1.807) is 24.3 Å². The highest BCUT2D eigenvalue weighted by Crippen LogP contribution is 2.29. The van der Waals surface area contributed by atoms with Gasteiger partial charge in [-0.25, -0.2) is 4.99 Å². The van der Waals surface area contributed by atoms with E-state index in [0.717, 1.165) is 13.1 Å². The van der Waals surface area contributed by atoms with Gasteiger partial charge in [0.15, 0.2) is 5.78 Å². The normalized spacial score (nSPS) is 18.1. The van der Waals surface area contributed by atoms with E-state index in [0.29, 0.717) is 30.3 Å². The molecule has 0 aliphatic carbocycles. The van der Waals surface area contributed by atoms with Gasteiger partial charge in [-0.1, -0.05) is 60.7 Å². The number of carbonyl (C=O) groups excluding carboxylic acids is 3. The van der Waals surface area contributed by atoms with Crippen LogP contribution in [0, 0.1) is 0 Å². The Labute approximate surface area is 222 Å². The van der Waals surface area contributed by atoms with Gasteiger partial charge in [-0.3, -0.25) is 24.6 Å². The molecule has 0 radical (unpaired) electrons. The van der Waals surface area contributed by atoms with Gasteiger partial charge in [0, 0.05) is 37.4 Å². The molecule has 2 aliphatic heterocycles. The van der Waals surface area contributed by atoms with E-state index in [-0.39, 0.29) is 30.1 Å². The molecule has 38 heavy (non-hydrogen) atoms. The smallest absolute Gasteiger partial charge is 0.249 e. The van der Waals surface area contributed by atoms with Crippen molar-refractivity contribution in [3.05, 3.63) is 102 Å². The fraction of sp³-hybridized carbons (Fsp3) is 0.267. The van der Waals surface area contributed by atoms with Crippen LogP contribution >= 0.6 is 0 Å². The van der Waals surface area contributed by atoms with E-state index < -0.39 is 6.04 Å². The number of hydrogen-bond donors (Lipinski definition) is 2. The average Bonchev–Trinajstić information content (AvgIpc) is 2.95. The van der Waals surface area contributed by atoms with Crippen LogP contribution in [0.1, 0.15) is 40.9 Å². The fourth-order valence-electron chi connectivity index (χ4n) is 4.98. The summed E-state index contributed by atoms with van der Waals surface area (Å²) in [5.74, 6) is -0.167. The van der Waals surface area contributed by atoms with E-state index >= 15 is 0 Å². The van der Waals surface area contributed by atoms with Gasteiger partial charge in [0.1, 0.15) is 6.04 Å². The molecule has 1 unspecified atom stereocenters. The molecule has 0 bridgehead atoms. The highest BCUT2D eigenvalue weighted by molar-refractivity contribution is 6.06. The number of carbonyl (C=O) groups is 3. The highest BCUT2D eigenvalue weighted by atomic mass is 16.2. The average molecular weight is 510 g/mol. The second-order valence-corrected chi connectivity index (χ2v) is 9.59. The molecular weight excluding hydrogens is 478 g/mol. The topological polar surface area (TPSA) is 94.1 Å². The fourth-order valence-corrected chi connectivity index (χ4v) is 4.98. The summed E-state index contributed by atoms with van der Waals surface area (Å²) >= 11 is 0. The molecule has 3 aromatic carbocycles. The maximum Gasteiger partial charge on any atom is 0.249 e. The summed E-state index contributed by atoms with van der Waals surface area (Å²) in [6.45, 7) is 4.41. The van der Waals surface area contributed by atoms with Gasteiger partial charge >= 0.3 is 0 Å². The first-order valence-corrected chi connectivity index (χ1v) is 12.9. The number of hydrogen-bond acceptors (Lipinski definition) is 6. The zero-order valence-corrected chi connectivity index (χ0v) is 21.3. The summed E-state index contributed by atoms with van der Waals surface area (Å²) in [6.07, 6.45) is -0.00901. The van der Waals surface area contributed by atoms with E-state index in [1.165, 1.54) is 18.1 Å². The molecule has 0 spiro atoms. The van der Waals surface area contributed by atoms with Gasteiger partial charge in [-0.15, -0.1) is 0 Å². The van der Waals surface area contributed by atoms with E-state index in [4.69, 9.17) is 0 Å². The molecule has 2 aliphatic rings. The molecule has 8 nitrogen and oxygen atoms in total. The van der Waals surface area contributed by atoms with Crippen molar-refractivity contribution in [2.45, 2.75) is 25.4 Å². The standard InChI is InChI=1S/C30H31N5O3/c1-21(36)22-12-14-25(15-13-22)31-29(38)26-20-27(37)33-30(32-26)35-18-16-34(17-19-35)28(23-8-4-2-5-9-23)24-10-6-3-7-11-24/h2-15,26,28H,16-20H2,1H3,(H,31,38)(H,32,33,37). The SMILES string of the molecule is CC(=O)c1ccc(NC(=O)C2CC(=O)NC(N3CCN(C(c4ccccc4)c4ccccc4)CC3)=N2)cc1. The number of aliphatic imine (C=N–C) groups is 1. The summed E-state index contributed by atoms with van der Waals surface area (Å²) in [4.78, 5) is 46.0. The van der Waals surface area contributed by atoms with Crippen LogP contribution in [-0.4, -0.2) is 65.6 Å². The van der Waals surface area contributed by atoms with Crippen LogP contribution in [-0.2, 0) is 9.59 Å². The zero-order chi connectivity index (χ0) is 26.5. The number of rotatable bonds is 6. The van der Waals surface area contributed by atoms with Gasteiger partial charge in [-0.2, -0.15) is 0 Å². The minimum Gasteiger partial charge on any atom is -0.340 e. The molecule has 1 saturated heterocycles. The van der Waals surface area contributed by atoms with Gasteiger partial charge in [0.05, 0.1) is 12.5 Å². The highest BCUT2D eigenvalue weighted by Gasteiger charge is 2.32. The number of anilines is 1. The molecule has 0 aromatic heterocycles. The Morgan fingerprint density at radius 1 is 0.868 bits per heavy atom. The van der Waals surface area contributed by atoms with Crippen LogP contribution in [0.15, 0.2) is 89.9 Å². The van der Waals surface area contributed by atoms with Crippen molar-refractivity contribution in [2.24, 2.45) is 4.99 Å². The molecular formula is C30H31N5O3. The minimum atomic E-state index is -0.814. The molecule has 2 heterocycles.